The van der Waals surface area contributed by atoms with Crippen molar-refractivity contribution in [3.8, 4) is 28.5 Å². The van der Waals surface area contributed by atoms with Crippen molar-refractivity contribution >= 4 is 45.3 Å². The molecular formula is C33H26F3N3O3S2. The molecule has 0 bridgehead atoms. The summed E-state index contributed by atoms with van der Waals surface area (Å²) in [5.74, 6) is -0.872. The zero-order valence-corrected chi connectivity index (χ0v) is 25.1. The fourth-order valence-electron chi connectivity index (χ4n) is 5.76. The number of nitriles is 1. The van der Waals surface area contributed by atoms with Crippen molar-refractivity contribution in [3.05, 3.63) is 94.4 Å². The van der Waals surface area contributed by atoms with Crippen molar-refractivity contribution < 1.29 is 27.3 Å². The lowest BCUT2D eigenvalue weighted by Gasteiger charge is -2.32. The first-order chi connectivity index (χ1) is 21.3. The number of fused-ring (bicyclic) bond motifs is 1. The van der Waals surface area contributed by atoms with Gasteiger partial charge in [-0.1, -0.05) is 12.1 Å². The molecule has 6 nitrogen and oxygen atoms in total. The molecule has 1 aliphatic rings. The first kappa shape index (κ1) is 29.8. The van der Waals surface area contributed by atoms with Crippen LogP contribution in [0.4, 0.5) is 18.9 Å². The molecule has 224 valence electrons. The molecule has 1 fully saturated rings. The number of benzene rings is 3. The molecule has 0 N–H and O–H groups in total. The van der Waals surface area contributed by atoms with Gasteiger partial charge in [0.15, 0.2) is 4.90 Å². The SMILES string of the molecule is COC(=O)C1CCN(c2cccc(-c3c(-c4ccsc4C#N)c4cc(F)ccc4n3[S+]([O-])c3ccc(C(F)F)cc3)c2)CC1. The van der Waals surface area contributed by atoms with Crippen LogP contribution in [-0.4, -0.2) is 34.7 Å². The first-order valence-corrected chi connectivity index (χ1v) is 15.8. The highest BCUT2D eigenvalue weighted by atomic mass is 32.2. The summed E-state index contributed by atoms with van der Waals surface area (Å²) < 4.78 is 62.2. The number of methoxy groups -OCH3 is 1. The molecule has 0 radical (unpaired) electrons. The minimum atomic E-state index is -2.67. The number of piperidine rings is 1. The van der Waals surface area contributed by atoms with E-state index in [1.807, 2.05) is 24.3 Å². The number of anilines is 1. The zero-order valence-electron chi connectivity index (χ0n) is 23.5. The summed E-state index contributed by atoms with van der Waals surface area (Å²) >= 11 is -0.676. The molecule has 1 saturated heterocycles. The van der Waals surface area contributed by atoms with E-state index in [0.717, 1.165) is 5.69 Å². The summed E-state index contributed by atoms with van der Waals surface area (Å²) in [5, 5.41) is 12.2. The average molecular weight is 634 g/mol. The van der Waals surface area contributed by atoms with Crippen LogP contribution in [0.1, 0.15) is 29.7 Å². The predicted octanol–water partition coefficient (Wildman–Crippen LogP) is 7.95. The van der Waals surface area contributed by atoms with E-state index in [9.17, 15) is 27.8 Å². The van der Waals surface area contributed by atoms with Crippen LogP contribution in [0, 0.1) is 23.1 Å². The Morgan fingerprint density at radius 2 is 1.84 bits per heavy atom. The maximum atomic E-state index is 14.8. The number of rotatable bonds is 7. The molecular weight excluding hydrogens is 608 g/mol. The number of hydrogen-bond acceptors (Lipinski definition) is 6. The predicted molar refractivity (Wildman–Crippen MR) is 166 cm³/mol. The van der Waals surface area contributed by atoms with E-state index in [4.69, 9.17) is 4.74 Å². The van der Waals surface area contributed by atoms with Gasteiger partial charge in [0.25, 0.3) is 6.43 Å². The molecule has 1 unspecified atom stereocenters. The minimum absolute atomic E-state index is 0.162. The van der Waals surface area contributed by atoms with Crippen molar-refractivity contribution in [2.45, 2.75) is 24.2 Å². The summed E-state index contributed by atoms with van der Waals surface area (Å²) in [5.41, 5.74) is 3.48. The topological polar surface area (TPSA) is 81.3 Å². The second-order valence-corrected chi connectivity index (χ2v) is 12.7. The number of alkyl halides is 2. The lowest BCUT2D eigenvalue weighted by atomic mass is 9.95. The maximum Gasteiger partial charge on any atom is 0.308 e. The number of halogens is 3. The van der Waals surface area contributed by atoms with Crippen molar-refractivity contribution in [1.29, 1.82) is 5.26 Å². The van der Waals surface area contributed by atoms with Gasteiger partial charge in [-0.05, 0) is 78.9 Å². The molecule has 5 aromatic rings. The van der Waals surface area contributed by atoms with E-state index in [0.29, 0.717) is 64.1 Å². The minimum Gasteiger partial charge on any atom is -0.587 e. The number of thiophene rings is 1. The van der Waals surface area contributed by atoms with Crippen LogP contribution in [0.3, 0.4) is 0 Å². The van der Waals surface area contributed by atoms with Crippen molar-refractivity contribution in [2.24, 2.45) is 5.92 Å². The number of nitrogens with zero attached hydrogens (tertiary/aromatic N) is 3. The first-order valence-electron chi connectivity index (χ1n) is 13.9. The molecule has 44 heavy (non-hydrogen) atoms. The van der Waals surface area contributed by atoms with Crippen LogP contribution >= 0.6 is 11.3 Å². The molecule has 1 aliphatic heterocycles. The summed E-state index contributed by atoms with van der Waals surface area (Å²) in [6, 6.07) is 21.2. The molecule has 0 amide bonds. The third-order valence-corrected chi connectivity index (χ3v) is 10.1. The molecule has 3 heterocycles. The quantitative estimate of drug-likeness (QED) is 0.134. The van der Waals surface area contributed by atoms with Gasteiger partial charge in [0.1, 0.15) is 33.8 Å². The maximum absolute atomic E-state index is 14.8. The second-order valence-electron chi connectivity index (χ2n) is 10.4. The van der Waals surface area contributed by atoms with Gasteiger partial charge in [-0.15, -0.1) is 11.3 Å². The van der Waals surface area contributed by atoms with Gasteiger partial charge >= 0.3 is 5.97 Å². The Morgan fingerprint density at radius 1 is 1.09 bits per heavy atom. The second kappa shape index (κ2) is 12.4. The highest BCUT2D eigenvalue weighted by Gasteiger charge is 2.31. The van der Waals surface area contributed by atoms with Gasteiger partial charge in [0.05, 0.1) is 18.5 Å². The average Bonchev–Trinajstić information content (AvgIpc) is 3.66. The van der Waals surface area contributed by atoms with Crippen LogP contribution in [0.5, 0.6) is 0 Å². The molecule has 1 atom stereocenters. The summed E-state index contributed by atoms with van der Waals surface area (Å²) in [4.78, 5) is 14.9. The number of aromatic nitrogens is 1. The van der Waals surface area contributed by atoms with Gasteiger partial charge in [-0.2, -0.15) is 9.23 Å². The Bertz CT molecular complexity index is 1870. The summed E-state index contributed by atoms with van der Waals surface area (Å²) in [6.45, 7) is 1.27. The van der Waals surface area contributed by atoms with Crippen LogP contribution in [-0.2, 0) is 20.9 Å². The van der Waals surface area contributed by atoms with Crippen LogP contribution in [0.2, 0.25) is 0 Å². The lowest BCUT2D eigenvalue weighted by molar-refractivity contribution is -0.146. The number of carbonyl (C=O) groups excluding carboxylic acids is 1. The fourth-order valence-corrected chi connectivity index (χ4v) is 7.73. The van der Waals surface area contributed by atoms with E-state index in [1.54, 1.807) is 21.5 Å². The fraction of sp³-hybridized carbons (Fsp3) is 0.212. The van der Waals surface area contributed by atoms with E-state index in [1.165, 1.54) is 54.8 Å². The molecule has 11 heteroatoms. The summed E-state index contributed by atoms with van der Waals surface area (Å²) in [6.07, 6.45) is -1.39. The van der Waals surface area contributed by atoms with Gasteiger partial charge < -0.3 is 14.2 Å². The molecule has 6 rings (SSSR count). The Morgan fingerprint density at radius 3 is 2.52 bits per heavy atom. The third-order valence-electron chi connectivity index (χ3n) is 7.94. The van der Waals surface area contributed by atoms with Crippen LogP contribution in [0.25, 0.3) is 33.3 Å². The van der Waals surface area contributed by atoms with E-state index >= 15 is 0 Å². The van der Waals surface area contributed by atoms with Gasteiger partial charge in [0, 0.05) is 46.4 Å². The number of esters is 1. The number of ether oxygens (including phenoxy) is 1. The molecule has 3 aromatic carbocycles. The number of hydrogen-bond donors (Lipinski definition) is 0. The smallest absolute Gasteiger partial charge is 0.308 e. The Hall–Kier alpha value is -4.24. The highest BCUT2D eigenvalue weighted by Crippen LogP contribution is 2.46. The van der Waals surface area contributed by atoms with E-state index < -0.39 is 23.6 Å². The van der Waals surface area contributed by atoms with Gasteiger partial charge in [0.2, 0.25) is 0 Å². The Labute approximate surface area is 259 Å². The molecule has 0 aliphatic carbocycles. The molecule has 2 aromatic heterocycles. The van der Waals surface area contributed by atoms with Crippen molar-refractivity contribution in [3.63, 3.8) is 0 Å². The largest absolute Gasteiger partial charge is 0.587 e. The lowest BCUT2D eigenvalue weighted by Crippen LogP contribution is -2.36. The standard InChI is InChI=1S/C33H26F3N3O3S2/c1-42-33(40)21-11-14-38(15-12-21)24-4-2-3-22(17-24)31-30(26-13-16-43-29(26)19-37)27-18-23(34)7-10-28(27)39(31)44(41)25-8-5-20(6-9-25)32(35)36/h2-10,13,16-18,21,32H,11-12,14-15H2,1H3. The van der Waals surface area contributed by atoms with Crippen molar-refractivity contribution in [1.82, 2.24) is 3.97 Å². The highest BCUT2D eigenvalue weighted by molar-refractivity contribution is 7.90. The van der Waals surface area contributed by atoms with Crippen LogP contribution in [0.15, 0.2) is 83.1 Å². The molecule has 0 spiro atoms. The Balaban J connectivity index is 1.55. The monoisotopic (exact) mass is 633 g/mol. The molecule has 0 saturated carbocycles. The zero-order chi connectivity index (χ0) is 31.0. The number of carbonyl (C=O) groups is 1. The third kappa shape index (κ3) is 5.45. The van der Waals surface area contributed by atoms with Gasteiger partial charge in [-0.3, -0.25) is 4.79 Å². The van der Waals surface area contributed by atoms with E-state index in [-0.39, 0.29) is 22.3 Å². The normalized spacial score (nSPS) is 14.6. The van der Waals surface area contributed by atoms with E-state index in [2.05, 4.69) is 11.0 Å². The van der Waals surface area contributed by atoms with Crippen LogP contribution < -0.4 is 4.90 Å². The van der Waals surface area contributed by atoms with Gasteiger partial charge in [-0.25, -0.2) is 13.2 Å². The Kier molecular flexibility index (Phi) is 8.40. The van der Waals surface area contributed by atoms with Crippen molar-refractivity contribution in [2.75, 3.05) is 25.1 Å². The summed E-state index contributed by atoms with van der Waals surface area (Å²) in [7, 11) is 1.39.